The molecule has 8 heteroatoms. The number of para-hydroxylation sites is 2. The van der Waals surface area contributed by atoms with E-state index in [0.29, 0.717) is 22.5 Å². The van der Waals surface area contributed by atoms with Crippen LogP contribution in [0.3, 0.4) is 0 Å². The van der Waals surface area contributed by atoms with Crippen LogP contribution < -0.4 is 4.90 Å². The van der Waals surface area contributed by atoms with E-state index in [-0.39, 0.29) is 5.56 Å². The predicted octanol–water partition coefficient (Wildman–Crippen LogP) is 7.36. The number of amides is 1. The Balaban J connectivity index is 1.37. The lowest BCUT2D eigenvalue weighted by Crippen LogP contribution is -2.32. The van der Waals surface area contributed by atoms with Crippen molar-refractivity contribution < 1.29 is 27.5 Å². The van der Waals surface area contributed by atoms with Gasteiger partial charge in [0.2, 0.25) is 0 Å². The summed E-state index contributed by atoms with van der Waals surface area (Å²) in [6.07, 6.45) is -4.46. The summed E-state index contributed by atoms with van der Waals surface area (Å²) in [4.78, 5) is 29.6. The van der Waals surface area contributed by atoms with Crippen molar-refractivity contribution in [1.82, 2.24) is 0 Å². The molecule has 0 aromatic heterocycles. The van der Waals surface area contributed by atoms with Crippen molar-refractivity contribution in [2.45, 2.75) is 16.0 Å². The second kappa shape index (κ2) is 9.54. The molecule has 0 radical (unpaired) electrons. The minimum absolute atomic E-state index is 0.153. The molecule has 4 nitrogen and oxygen atoms in total. The van der Waals surface area contributed by atoms with Crippen LogP contribution in [0.4, 0.5) is 24.5 Å². The third-order valence-corrected chi connectivity index (χ3v) is 6.81. The van der Waals surface area contributed by atoms with Gasteiger partial charge in [-0.15, -0.1) is 0 Å². The molecule has 0 aliphatic carbocycles. The Morgan fingerprint density at radius 1 is 0.750 bits per heavy atom. The van der Waals surface area contributed by atoms with Crippen molar-refractivity contribution in [3.8, 4) is 11.1 Å². The average molecular weight is 506 g/mol. The van der Waals surface area contributed by atoms with Crippen LogP contribution in [0.5, 0.6) is 0 Å². The van der Waals surface area contributed by atoms with E-state index in [4.69, 9.17) is 4.74 Å². The third kappa shape index (κ3) is 4.59. The standard InChI is InChI=1S/C28H18F3NO3S/c29-28(30,31)19-15-13-18(14-16-19)20-7-1-2-8-21(20)27(34)35-17-26(33)32-22-9-3-5-11-24(22)36-25-12-6-4-10-23(25)32/h1-16H,17H2. The van der Waals surface area contributed by atoms with Crippen molar-refractivity contribution in [3.63, 3.8) is 0 Å². The van der Waals surface area contributed by atoms with E-state index in [0.717, 1.165) is 21.9 Å². The van der Waals surface area contributed by atoms with E-state index >= 15 is 0 Å². The summed E-state index contributed by atoms with van der Waals surface area (Å²) in [6, 6.07) is 25.9. The van der Waals surface area contributed by atoms with Gasteiger partial charge < -0.3 is 4.74 Å². The van der Waals surface area contributed by atoms with Gasteiger partial charge in [0.25, 0.3) is 5.91 Å². The lowest BCUT2D eigenvalue weighted by molar-refractivity contribution is -0.137. The number of alkyl halides is 3. The number of anilines is 2. The number of benzene rings is 4. The first kappa shape index (κ1) is 23.7. The number of esters is 1. The van der Waals surface area contributed by atoms with Crippen LogP contribution >= 0.6 is 11.8 Å². The Bertz CT molecular complexity index is 1410. The molecule has 0 spiro atoms. The Labute approximate surface area is 209 Å². The molecule has 180 valence electrons. The van der Waals surface area contributed by atoms with Gasteiger partial charge in [0, 0.05) is 9.79 Å². The first-order valence-corrected chi connectivity index (χ1v) is 11.8. The van der Waals surface area contributed by atoms with Crippen molar-refractivity contribution in [2.75, 3.05) is 11.5 Å². The van der Waals surface area contributed by atoms with E-state index in [1.807, 2.05) is 48.5 Å². The lowest BCUT2D eigenvalue weighted by atomic mass is 9.98. The molecule has 1 aliphatic heterocycles. The molecule has 1 aliphatic rings. The van der Waals surface area contributed by atoms with Crippen molar-refractivity contribution in [3.05, 3.63) is 108 Å². The molecule has 0 bridgehead atoms. The quantitative estimate of drug-likeness (QED) is 0.272. The minimum Gasteiger partial charge on any atom is -0.452 e. The van der Waals surface area contributed by atoms with E-state index in [9.17, 15) is 22.8 Å². The molecule has 0 saturated heterocycles. The molecule has 4 aromatic carbocycles. The maximum atomic E-state index is 13.3. The normalized spacial score (nSPS) is 12.5. The smallest absolute Gasteiger partial charge is 0.416 e. The van der Waals surface area contributed by atoms with E-state index in [2.05, 4.69) is 0 Å². The number of rotatable bonds is 4. The van der Waals surface area contributed by atoms with Crippen molar-refractivity contribution in [2.24, 2.45) is 0 Å². The number of hydrogen-bond donors (Lipinski definition) is 0. The minimum atomic E-state index is -4.46. The fourth-order valence-electron chi connectivity index (χ4n) is 3.99. The van der Waals surface area contributed by atoms with Crippen LogP contribution in [0.1, 0.15) is 15.9 Å². The molecule has 5 rings (SSSR count). The molecule has 0 N–H and O–H groups in total. The summed E-state index contributed by atoms with van der Waals surface area (Å²) in [5, 5.41) is 0. The lowest BCUT2D eigenvalue weighted by Gasteiger charge is -2.30. The number of fused-ring (bicyclic) bond motifs is 2. The Hall–Kier alpha value is -4.04. The SMILES string of the molecule is O=C(OCC(=O)N1c2ccccc2Sc2ccccc21)c1ccccc1-c1ccc(C(F)(F)F)cc1. The zero-order valence-corrected chi connectivity index (χ0v) is 19.5. The molecule has 1 amide bonds. The second-order valence-corrected chi connectivity index (χ2v) is 9.05. The number of hydrogen-bond acceptors (Lipinski definition) is 4. The summed E-state index contributed by atoms with van der Waals surface area (Å²) in [7, 11) is 0. The highest BCUT2D eigenvalue weighted by Gasteiger charge is 2.31. The number of carbonyl (C=O) groups excluding carboxylic acids is 2. The Morgan fingerprint density at radius 3 is 1.92 bits per heavy atom. The summed E-state index contributed by atoms with van der Waals surface area (Å²) < 4.78 is 44.2. The maximum absolute atomic E-state index is 13.3. The average Bonchev–Trinajstić information content (AvgIpc) is 2.89. The van der Waals surface area contributed by atoms with Gasteiger partial charge in [-0.05, 0) is 53.6 Å². The molecular weight excluding hydrogens is 487 g/mol. The van der Waals surface area contributed by atoms with Gasteiger partial charge in [0.05, 0.1) is 22.5 Å². The van der Waals surface area contributed by atoms with E-state index in [1.54, 1.807) is 30.0 Å². The maximum Gasteiger partial charge on any atom is 0.416 e. The molecule has 1 heterocycles. The van der Waals surface area contributed by atoms with Crippen LogP contribution in [0, 0.1) is 0 Å². The highest BCUT2D eigenvalue weighted by molar-refractivity contribution is 7.99. The topological polar surface area (TPSA) is 46.6 Å². The number of carbonyl (C=O) groups is 2. The fourth-order valence-corrected chi connectivity index (χ4v) is 5.05. The summed E-state index contributed by atoms with van der Waals surface area (Å²) in [6.45, 7) is -0.506. The highest BCUT2D eigenvalue weighted by atomic mass is 32.2. The number of halogens is 3. The molecule has 0 fully saturated rings. The zero-order valence-electron chi connectivity index (χ0n) is 18.7. The first-order chi connectivity index (χ1) is 17.3. The van der Waals surface area contributed by atoms with Crippen molar-refractivity contribution in [1.29, 1.82) is 0 Å². The predicted molar refractivity (Wildman–Crippen MR) is 131 cm³/mol. The van der Waals surface area contributed by atoms with Gasteiger partial charge in [0.15, 0.2) is 6.61 Å². The van der Waals surface area contributed by atoms with Gasteiger partial charge in [0.1, 0.15) is 0 Å². The first-order valence-electron chi connectivity index (χ1n) is 11.0. The van der Waals surface area contributed by atoms with Crippen LogP contribution in [0.25, 0.3) is 11.1 Å². The molecule has 0 atom stereocenters. The molecular formula is C28H18F3NO3S. The van der Waals surface area contributed by atoms with Gasteiger partial charge in [-0.3, -0.25) is 9.69 Å². The summed E-state index contributed by atoms with van der Waals surface area (Å²) in [5.41, 5.74) is 1.61. The highest BCUT2D eigenvalue weighted by Crippen LogP contribution is 2.47. The molecule has 0 unspecified atom stereocenters. The molecule has 0 saturated carbocycles. The van der Waals surface area contributed by atoms with Crippen molar-refractivity contribution >= 4 is 35.0 Å². The van der Waals surface area contributed by atoms with Crippen LogP contribution in [-0.4, -0.2) is 18.5 Å². The monoisotopic (exact) mass is 505 g/mol. The largest absolute Gasteiger partial charge is 0.452 e. The third-order valence-electron chi connectivity index (χ3n) is 5.68. The number of ether oxygens (including phenoxy) is 1. The van der Waals surface area contributed by atoms with Crippen LogP contribution in [0.15, 0.2) is 107 Å². The Kier molecular flexibility index (Phi) is 6.28. The van der Waals surface area contributed by atoms with E-state index in [1.165, 1.54) is 23.1 Å². The fraction of sp³-hybridized carbons (Fsp3) is 0.0714. The van der Waals surface area contributed by atoms with Crippen LogP contribution in [0.2, 0.25) is 0 Å². The summed E-state index contributed by atoms with van der Waals surface area (Å²) in [5.74, 6) is -1.16. The Morgan fingerprint density at radius 2 is 1.31 bits per heavy atom. The summed E-state index contributed by atoms with van der Waals surface area (Å²) >= 11 is 1.55. The zero-order chi connectivity index (χ0) is 25.3. The van der Waals surface area contributed by atoms with Gasteiger partial charge >= 0.3 is 12.1 Å². The molecule has 36 heavy (non-hydrogen) atoms. The number of nitrogens with zero attached hydrogens (tertiary/aromatic N) is 1. The van der Waals surface area contributed by atoms with Gasteiger partial charge in [-0.2, -0.15) is 13.2 Å². The van der Waals surface area contributed by atoms with Crippen LogP contribution in [-0.2, 0) is 15.7 Å². The second-order valence-electron chi connectivity index (χ2n) is 7.96. The van der Waals surface area contributed by atoms with Gasteiger partial charge in [-0.25, -0.2) is 4.79 Å². The van der Waals surface area contributed by atoms with E-state index < -0.39 is 30.2 Å². The van der Waals surface area contributed by atoms with Gasteiger partial charge in [-0.1, -0.05) is 66.4 Å². The molecule has 4 aromatic rings.